The first-order valence-electron chi connectivity index (χ1n) is 4.45. The van der Waals surface area contributed by atoms with E-state index in [1.807, 2.05) is 6.92 Å². The molecule has 0 radical (unpaired) electrons. The molecular formula is C10H18N2O. The van der Waals surface area contributed by atoms with E-state index >= 15 is 0 Å². The third-order valence-corrected chi connectivity index (χ3v) is 1.78. The number of terminal acetylenes is 1. The lowest BCUT2D eigenvalue weighted by atomic mass is 10.0. The maximum atomic E-state index is 11.4. The molecule has 13 heavy (non-hydrogen) atoms. The van der Waals surface area contributed by atoms with E-state index in [4.69, 9.17) is 12.2 Å². The molecule has 74 valence electrons. The quantitative estimate of drug-likeness (QED) is 0.627. The largest absolute Gasteiger partial charge is 0.351 e. The second-order valence-corrected chi connectivity index (χ2v) is 3.71. The highest BCUT2D eigenvalue weighted by atomic mass is 16.2. The lowest BCUT2D eigenvalue weighted by Crippen LogP contribution is -2.51. The summed E-state index contributed by atoms with van der Waals surface area (Å²) in [5, 5.41) is 2.80. The summed E-state index contributed by atoms with van der Waals surface area (Å²) in [6.45, 7) is 5.32. The Bertz CT molecular complexity index is 210. The van der Waals surface area contributed by atoms with Gasteiger partial charge in [0.2, 0.25) is 5.91 Å². The van der Waals surface area contributed by atoms with Crippen molar-refractivity contribution in [3.05, 3.63) is 0 Å². The zero-order valence-corrected chi connectivity index (χ0v) is 8.55. The van der Waals surface area contributed by atoms with E-state index in [1.54, 1.807) is 13.8 Å². The van der Waals surface area contributed by atoms with Crippen LogP contribution < -0.4 is 11.1 Å². The van der Waals surface area contributed by atoms with Gasteiger partial charge in [-0.2, -0.15) is 0 Å². The molecule has 1 atom stereocenters. The van der Waals surface area contributed by atoms with Gasteiger partial charge in [-0.1, -0.05) is 6.92 Å². The number of nitrogens with two attached hydrogens (primary N) is 1. The van der Waals surface area contributed by atoms with E-state index < -0.39 is 5.54 Å². The van der Waals surface area contributed by atoms with Gasteiger partial charge in [0.15, 0.2) is 0 Å². The van der Waals surface area contributed by atoms with Crippen LogP contribution in [0.15, 0.2) is 0 Å². The van der Waals surface area contributed by atoms with Crippen molar-refractivity contribution in [2.24, 2.45) is 5.73 Å². The minimum absolute atomic E-state index is 0.0420. The van der Waals surface area contributed by atoms with Crippen molar-refractivity contribution in [3.8, 4) is 12.3 Å². The van der Waals surface area contributed by atoms with Gasteiger partial charge in [-0.05, 0) is 20.3 Å². The van der Waals surface area contributed by atoms with Gasteiger partial charge in [0.25, 0.3) is 0 Å². The maximum Gasteiger partial charge on any atom is 0.239 e. The van der Waals surface area contributed by atoms with Crippen LogP contribution in [0.5, 0.6) is 0 Å². The van der Waals surface area contributed by atoms with Gasteiger partial charge >= 0.3 is 0 Å². The number of hydrogen-bond acceptors (Lipinski definition) is 2. The van der Waals surface area contributed by atoms with Gasteiger partial charge in [0.1, 0.15) is 0 Å². The van der Waals surface area contributed by atoms with Crippen molar-refractivity contribution in [2.45, 2.75) is 45.2 Å². The summed E-state index contributed by atoms with van der Waals surface area (Å²) in [6.07, 6.45) is 6.54. The van der Waals surface area contributed by atoms with Gasteiger partial charge in [-0.15, -0.1) is 12.3 Å². The van der Waals surface area contributed by atoms with Gasteiger partial charge in [-0.3, -0.25) is 4.79 Å². The summed E-state index contributed by atoms with van der Waals surface area (Å²) in [5.41, 5.74) is 4.78. The summed E-state index contributed by atoms with van der Waals surface area (Å²) in [6, 6.07) is 0.0420. The molecule has 0 saturated carbocycles. The Kier molecular flexibility index (Phi) is 4.50. The third kappa shape index (κ3) is 4.54. The van der Waals surface area contributed by atoms with Gasteiger partial charge < -0.3 is 11.1 Å². The van der Waals surface area contributed by atoms with Crippen molar-refractivity contribution < 1.29 is 4.79 Å². The third-order valence-electron chi connectivity index (χ3n) is 1.78. The lowest BCUT2D eigenvalue weighted by molar-refractivity contribution is -0.125. The normalized spacial score (nSPS) is 13.2. The molecule has 0 aromatic rings. The summed E-state index contributed by atoms with van der Waals surface area (Å²) in [7, 11) is 0. The van der Waals surface area contributed by atoms with Crippen LogP contribution in [0, 0.1) is 12.3 Å². The molecule has 3 N–H and O–H groups in total. The average Bonchev–Trinajstić information content (AvgIpc) is 2.01. The van der Waals surface area contributed by atoms with E-state index in [0.717, 1.165) is 6.42 Å². The van der Waals surface area contributed by atoms with Crippen LogP contribution in [0.3, 0.4) is 0 Å². The summed E-state index contributed by atoms with van der Waals surface area (Å²) >= 11 is 0. The number of carbonyl (C=O) groups is 1. The second-order valence-electron chi connectivity index (χ2n) is 3.71. The number of rotatable bonds is 4. The fourth-order valence-corrected chi connectivity index (χ4v) is 0.811. The molecule has 3 nitrogen and oxygen atoms in total. The Hall–Kier alpha value is -1.01. The Morgan fingerprint density at radius 3 is 2.54 bits per heavy atom. The van der Waals surface area contributed by atoms with Crippen LogP contribution in [0.2, 0.25) is 0 Å². The van der Waals surface area contributed by atoms with Gasteiger partial charge in [-0.25, -0.2) is 0 Å². The summed E-state index contributed by atoms with van der Waals surface area (Å²) in [4.78, 5) is 11.4. The van der Waals surface area contributed by atoms with Crippen LogP contribution in [0.25, 0.3) is 0 Å². The molecule has 0 heterocycles. The first-order chi connectivity index (χ1) is 5.91. The molecule has 3 heteroatoms. The van der Waals surface area contributed by atoms with Crippen LogP contribution in [0.1, 0.15) is 33.6 Å². The Morgan fingerprint density at radius 1 is 1.69 bits per heavy atom. The van der Waals surface area contributed by atoms with E-state index in [9.17, 15) is 4.79 Å². The number of nitrogens with one attached hydrogen (secondary N) is 1. The molecule has 1 unspecified atom stereocenters. The molecule has 0 bridgehead atoms. The molecular weight excluding hydrogens is 164 g/mol. The molecule has 0 spiro atoms. The predicted octanol–water partition coefficient (Wildman–Crippen LogP) is 0.642. The topological polar surface area (TPSA) is 55.1 Å². The first-order valence-corrected chi connectivity index (χ1v) is 4.45. The van der Waals surface area contributed by atoms with Gasteiger partial charge in [0, 0.05) is 12.5 Å². The van der Waals surface area contributed by atoms with Crippen LogP contribution in [-0.4, -0.2) is 17.5 Å². The number of hydrogen-bond donors (Lipinski definition) is 2. The van der Waals surface area contributed by atoms with E-state index in [0.29, 0.717) is 6.42 Å². The van der Waals surface area contributed by atoms with Crippen LogP contribution in [-0.2, 0) is 4.79 Å². The molecule has 0 aromatic heterocycles. The monoisotopic (exact) mass is 182 g/mol. The van der Waals surface area contributed by atoms with Gasteiger partial charge in [0.05, 0.1) is 5.54 Å². The highest BCUT2D eigenvalue weighted by Gasteiger charge is 2.23. The van der Waals surface area contributed by atoms with Crippen molar-refractivity contribution in [1.29, 1.82) is 0 Å². The van der Waals surface area contributed by atoms with Crippen LogP contribution >= 0.6 is 0 Å². The van der Waals surface area contributed by atoms with Crippen molar-refractivity contribution in [2.75, 3.05) is 0 Å². The molecule has 0 aliphatic carbocycles. The maximum absolute atomic E-state index is 11.4. The minimum Gasteiger partial charge on any atom is -0.351 e. The molecule has 0 saturated heterocycles. The number of amides is 1. The van der Waals surface area contributed by atoms with Crippen molar-refractivity contribution in [1.82, 2.24) is 5.32 Å². The zero-order chi connectivity index (χ0) is 10.5. The average molecular weight is 182 g/mol. The zero-order valence-electron chi connectivity index (χ0n) is 8.55. The highest BCUT2D eigenvalue weighted by Crippen LogP contribution is 2.01. The Balaban J connectivity index is 4.11. The van der Waals surface area contributed by atoms with E-state index in [2.05, 4.69) is 11.2 Å². The fourth-order valence-electron chi connectivity index (χ4n) is 0.811. The molecule has 0 fully saturated rings. The molecule has 0 rings (SSSR count). The highest BCUT2D eigenvalue weighted by molar-refractivity contribution is 5.85. The predicted molar refractivity (Wildman–Crippen MR) is 53.9 cm³/mol. The lowest BCUT2D eigenvalue weighted by Gasteiger charge is -2.22. The second kappa shape index (κ2) is 4.88. The smallest absolute Gasteiger partial charge is 0.239 e. The fraction of sp³-hybridized carbons (Fsp3) is 0.700. The standard InChI is InChI=1S/C10H18N2O/c1-5-7-8(6-2)12-9(13)10(3,4)11/h1,8H,6-7,11H2,2-4H3,(H,12,13). The SMILES string of the molecule is C#CCC(CC)NC(=O)C(C)(C)N. The number of carbonyl (C=O) groups excluding carboxylic acids is 1. The van der Waals surface area contributed by atoms with Crippen molar-refractivity contribution >= 4 is 5.91 Å². The molecule has 0 aliphatic heterocycles. The summed E-state index contributed by atoms with van der Waals surface area (Å²) in [5.74, 6) is 2.36. The summed E-state index contributed by atoms with van der Waals surface area (Å²) < 4.78 is 0. The molecule has 0 aromatic carbocycles. The van der Waals surface area contributed by atoms with E-state index in [1.165, 1.54) is 0 Å². The first kappa shape index (κ1) is 12.0. The molecule has 1 amide bonds. The molecule has 0 aliphatic rings. The minimum atomic E-state index is -0.831. The Morgan fingerprint density at radius 2 is 2.23 bits per heavy atom. The van der Waals surface area contributed by atoms with E-state index in [-0.39, 0.29) is 11.9 Å². The van der Waals surface area contributed by atoms with Crippen LogP contribution in [0.4, 0.5) is 0 Å². The van der Waals surface area contributed by atoms with Crippen molar-refractivity contribution in [3.63, 3.8) is 0 Å². The Labute approximate surface area is 80.1 Å².